The van der Waals surface area contributed by atoms with Crippen molar-refractivity contribution in [3.05, 3.63) is 52.9 Å². The van der Waals surface area contributed by atoms with Crippen molar-refractivity contribution in [1.29, 1.82) is 0 Å². The molecule has 2 unspecified atom stereocenters. The zero-order valence-electron chi connectivity index (χ0n) is 16.0. The van der Waals surface area contributed by atoms with Gasteiger partial charge in [0.25, 0.3) is 0 Å². The maximum absolute atomic E-state index is 14.8. The van der Waals surface area contributed by atoms with Gasteiger partial charge in [-0.1, -0.05) is 18.2 Å². The van der Waals surface area contributed by atoms with Crippen molar-refractivity contribution in [2.45, 2.75) is 43.0 Å². The van der Waals surface area contributed by atoms with Gasteiger partial charge in [-0.3, -0.25) is 0 Å². The van der Waals surface area contributed by atoms with E-state index in [1.54, 1.807) is 25.3 Å². The summed E-state index contributed by atoms with van der Waals surface area (Å²) in [7, 11) is 1.57. The molecule has 2 aliphatic heterocycles. The van der Waals surface area contributed by atoms with E-state index in [9.17, 15) is 24.8 Å². The number of aliphatic hydroxyl groups excluding tert-OH is 4. The fraction of sp³-hybridized carbons (Fsp3) is 0.524. The van der Waals surface area contributed by atoms with Crippen LogP contribution in [0, 0.1) is 5.92 Å². The third-order valence-corrected chi connectivity index (χ3v) is 5.95. The van der Waals surface area contributed by atoms with Crippen LogP contribution in [0.2, 0.25) is 0 Å². The summed E-state index contributed by atoms with van der Waals surface area (Å²) in [4.78, 5) is 0. The van der Waals surface area contributed by atoms with Crippen LogP contribution in [0.15, 0.2) is 47.3 Å². The summed E-state index contributed by atoms with van der Waals surface area (Å²) in [6.45, 7) is -0.454. The van der Waals surface area contributed by atoms with Crippen molar-refractivity contribution < 1.29 is 39.0 Å². The van der Waals surface area contributed by atoms with Crippen molar-refractivity contribution in [2.75, 3.05) is 20.3 Å². The average Bonchev–Trinajstić information content (AvgIpc) is 3.08. The number of hydrogen-bond donors (Lipinski definition) is 4. The van der Waals surface area contributed by atoms with Crippen LogP contribution in [0.4, 0.5) is 4.39 Å². The normalized spacial score (nSPS) is 36.9. The van der Waals surface area contributed by atoms with Gasteiger partial charge in [-0.25, -0.2) is 4.39 Å². The van der Waals surface area contributed by atoms with Gasteiger partial charge in [0, 0.05) is 12.3 Å². The monoisotopic (exact) mass is 408 g/mol. The number of halogens is 1. The van der Waals surface area contributed by atoms with Crippen LogP contribution in [-0.4, -0.2) is 71.0 Å². The van der Waals surface area contributed by atoms with Crippen LogP contribution >= 0.6 is 0 Å². The highest BCUT2D eigenvalue weighted by atomic mass is 19.1. The van der Waals surface area contributed by atoms with Crippen molar-refractivity contribution >= 4 is 0 Å². The van der Waals surface area contributed by atoms with Crippen molar-refractivity contribution in [1.82, 2.24) is 0 Å². The Morgan fingerprint density at radius 1 is 1.17 bits per heavy atom. The number of allylic oxidation sites excluding steroid dienone is 3. The summed E-state index contributed by atoms with van der Waals surface area (Å²) in [6.07, 6.45) is -3.69. The second-order valence-corrected chi connectivity index (χ2v) is 7.70. The molecular formula is C21H25FO7. The first-order valence-electron chi connectivity index (χ1n) is 9.59. The lowest BCUT2D eigenvalue weighted by Gasteiger charge is -2.47. The lowest BCUT2D eigenvalue weighted by atomic mass is 9.79. The molecule has 7 nitrogen and oxygen atoms in total. The third-order valence-electron chi connectivity index (χ3n) is 5.95. The highest BCUT2D eigenvalue weighted by molar-refractivity contribution is 5.42. The lowest BCUT2D eigenvalue weighted by Crippen LogP contribution is -2.65. The Hall–Kier alpha value is -1.81. The van der Waals surface area contributed by atoms with Gasteiger partial charge in [0.1, 0.15) is 36.0 Å². The summed E-state index contributed by atoms with van der Waals surface area (Å²) >= 11 is 0. The maximum Gasteiger partial charge on any atom is 0.221 e. The molecule has 1 aromatic rings. The van der Waals surface area contributed by atoms with Crippen molar-refractivity contribution in [3.8, 4) is 5.75 Å². The van der Waals surface area contributed by atoms with Gasteiger partial charge >= 0.3 is 0 Å². The summed E-state index contributed by atoms with van der Waals surface area (Å²) in [5.74, 6) is -1.64. The lowest BCUT2D eigenvalue weighted by molar-refractivity contribution is -0.335. The van der Waals surface area contributed by atoms with Gasteiger partial charge in [0.15, 0.2) is 0 Å². The Labute approximate surface area is 167 Å². The van der Waals surface area contributed by atoms with Crippen LogP contribution in [0.3, 0.4) is 0 Å². The molecule has 4 N–H and O–H groups in total. The van der Waals surface area contributed by atoms with Gasteiger partial charge in [-0.05, 0) is 35.3 Å². The van der Waals surface area contributed by atoms with Gasteiger partial charge in [-0.15, -0.1) is 0 Å². The molecule has 29 heavy (non-hydrogen) atoms. The smallest absolute Gasteiger partial charge is 0.221 e. The number of benzene rings is 1. The second-order valence-electron chi connectivity index (χ2n) is 7.70. The summed E-state index contributed by atoms with van der Waals surface area (Å²) in [5, 5.41) is 40.4. The summed E-state index contributed by atoms with van der Waals surface area (Å²) < 4.78 is 31.4. The molecule has 0 saturated carbocycles. The first-order valence-corrected chi connectivity index (χ1v) is 9.59. The number of methoxy groups -OCH3 is 1. The molecule has 0 radical (unpaired) electrons. The van der Waals surface area contributed by atoms with Crippen molar-refractivity contribution in [2.24, 2.45) is 5.92 Å². The van der Waals surface area contributed by atoms with E-state index < -0.39 is 36.8 Å². The van der Waals surface area contributed by atoms with Gasteiger partial charge < -0.3 is 34.6 Å². The van der Waals surface area contributed by atoms with E-state index in [0.29, 0.717) is 23.3 Å². The highest BCUT2D eigenvalue weighted by Crippen LogP contribution is 2.49. The summed E-state index contributed by atoms with van der Waals surface area (Å²) in [6, 6.07) is 7.28. The predicted molar refractivity (Wildman–Crippen MR) is 99.7 cm³/mol. The molecule has 0 amide bonds. The van der Waals surface area contributed by atoms with Gasteiger partial charge in [0.05, 0.1) is 20.3 Å². The molecule has 2 fully saturated rings. The molecule has 4 rings (SSSR count). The zero-order valence-corrected chi connectivity index (χ0v) is 16.0. The molecule has 0 bridgehead atoms. The molecular weight excluding hydrogens is 383 g/mol. The van der Waals surface area contributed by atoms with Crippen LogP contribution in [0.5, 0.6) is 5.75 Å². The third kappa shape index (κ3) is 3.39. The Morgan fingerprint density at radius 3 is 2.55 bits per heavy atom. The largest absolute Gasteiger partial charge is 0.497 e. The topological polar surface area (TPSA) is 109 Å². The molecule has 0 aromatic heterocycles. The van der Waals surface area contributed by atoms with Crippen LogP contribution in [0.25, 0.3) is 0 Å². The van der Waals surface area contributed by atoms with E-state index >= 15 is 0 Å². The molecule has 1 aromatic carbocycles. The van der Waals surface area contributed by atoms with Gasteiger partial charge in [-0.2, -0.15) is 0 Å². The molecule has 6 atom stereocenters. The molecule has 3 aliphatic rings. The first-order chi connectivity index (χ1) is 13.9. The fourth-order valence-corrected chi connectivity index (χ4v) is 4.29. The first kappa shape index (κ1) is 20.5. The predicted octanol–water partition coefficient (Wildman–Crippen LogP) is 0.608. The molecule has 1 spiro atoms. The number of hydrogen-bond acceptors (Lipinski definition) is 7. The Kier molecular flexibility index (Phi) is 5.50. The minimum atomic E-state index is -1.72. The van der Waals surface area contributed by atoms with E-state index in [-0.39, 0.29) is 24.8 Å². The van der Waals surface area contributed by atoms with Crippen LogP contribution < -0.4 is 4.74 Å². The van der Waals surface area contributed by atoms with Crippen LogP contribution in [-0.2, 0) is 15.9 Å². The van der Waals surface area contributed by atoms with E-state index in [1.165, 1.54) is 0 Å². The van der Waals surface area contributed by atoms with E-state index in [4.69, 9.17) is 14.2 Å². The number of aliphatic hydroxyl groups is 4. The molecule has 1 aliphatic carbocycles. The highest BCUT2D eigenvalue weighted by Gasteiger charge is 2.61. The molecule has 2 saturated heterocycles. The number of fused-ring (bicyclic) bond motifs is 2. The van der Waals surface area contributed by atoms with E-state index in [2.05, 4.69) is 0 Å². The van der Waals surface area contributed by atoms with Crippen molar-refractivity contribution in [3.63, 3.8) is 0 Å². The number of rotatable bonds is 4. The minimum absolute atomic E-state index is 0.0948. The standard InChI is InChI=1S/C21H25FO7/c1-27-14-4-2-11(3-5-14)6-12-7-15-13(8-16(12)22)10-28-21(15)20(26)19(25)18(24)17(9-23)29-21/h2-5,7,13,17-20,23-26H,6,8-10H2,1H3/t13?,17?,18-,19+,20-,21+/m1/s1. The van der Waals surface area contributed by atoms with Gasteiger partial charge in [0.2, 0.25) is 5.79 Å². The number of ether oxygens (including phenoxy) is 3. The maximum atomic E-state index is 14.8. The fourth-order valence-electron chi connectivity index (χ4n) is 4.29. The Bertz CT molecular complexity index is 819. The summed E-state index contributed by atoms with van der Waals surface area (Å²) in [5.41, 5.74) is 1.83. The molecule has 8 heteroatoms. The molecule has 2 heterocycles. The average molecular weight is 408 g/mol. The zero-order chi connectivity index (χ0) is 20.8. The quantitative estimate of drug-likeness (QED) is 0.578. The molecule has 158 valence electrons. The van der Waals surface area contributed by atoms with E-state index in [1.807, 2.05) is 12.1 Å². The Balaban J connectivity index is 1.65. The second kappa shape index (κ2) is 7.79. The Morgan fingerprint density at radius 2 is 1.90 bits per heavy atom. The minimum Gasteiger partial charge on any atom is -0.497 e. The SMILES string of the molecule is COc1ccc(CC2=C(F)CC3CO[C@]4(OC(CO)[C@@H](O)[C@H](O)[C@H]4O)C3=C2)cc1. The van der Waals surface area contributed by atoms with E-state index in [0.717, 1.165) is 5.56 Å². The van der Waals surface area contributed by atoms with Crippen LogP contribution in [0.1, 0.15) is 12.0 Å².